The Morgan fingerprint density at radius 1 is 0.968 bits per heavy atom. The second kappa shape index (κ2) is 8.14. The summed E-state index contributed by atoms with van der Waals surface area (Å²) in [6.07, 6.45) is 1.28. The van der Waals surface area contributed by atoms with Gasteiger partial charge in [0.15, 0.2) is 0 Å². The molecule has 3 N–H and O–H groups in total. The third-order valence-electron chi connectivity index (χ3n) is 4.44. The van der Waals surface area contributed by atoms with Gasteiger partial charge in [0.2, 0.25) is 0 Å². The molecule has 31 heavy (non-hydrogen) atoms. The molecule has 2 aromatic carbocycles. The van der Waals surface area contributed by atoms with E-state index < -0.39 is 15.9 Å². The number of anilines is 1. The van der Waals surface area contributed by atoms with E-state index in [1.165, 1.54) is 24.4 Å². The molecule has 0 radical (unpaired) electrons. The minimum absolute atomic E-state index is 0.0741. The van der Waals surface area contributed by atoms with Crippen molar-refractivity contribution in [1.29, 1.82) is 0 Å². The van der Waals surface area contributed by atoms with Crippen LogP contribution in [0.2, 0.25) is 10.0 Å². The van der Waals surface area contributed by atoms with E-state index in [0.717, 1.165) is 0 Å². The van der Waals surface area contributed by atoms with Crippen LogP contribution >= 0.6 is 23.2 Å². The van der Waals surface area contributed by atoms with Gasteiger partial charge in [0.1, 0.15) is 10.6 Å². The van der Waals surface area contributed by atoms with Gasteiger partial charge in [-0.2, -0.15) is 0 Å². The standard InChI is InChI=1S/C21H14Cl2N4O3S/c22-15-6-2-1-5-14(15)20-18(10-12-4-3-7-16(23)19(12)26-20)31(29,30)27-13-8-9-25-17(11-13)21(24)28/h1-11H,(H2,24,28)(H,25,27). The number of aromatic nitrogens is 2. The van der Waals surface area contributed by atoms with Crippen molar-refractivity contribution in [2.75, 3.05) is 4.72 Å². The highest BCUT2D eigenvalue weighted by Gasteiger charge is 2.24. The molecule has 0 unspecified atom stereocenters. The molecule has 0 aliphatic carbocycles. The van der Waals surface area contributed by atoms with E-state index in [1.54, 1.807) is 42.5 Å². The Labute approximate surface area is 187 Å². The Morgan fingerprint density at radius 2 is 1.71 bits per heavy atom. The number of halogens is 2. The number of benzene rings is 2. The molecule has 1 amide bonds. The minimum atomic E-state index is -4.15. The number of amides is 1. The van der Waals surface area contributed by atoms with Gasteiger partial charge in [-0.05, 0) is 30.3 Å². The van der Waals surface area contributed by atoms with E-state index in [1.807, 2.05) is 0 Å². The number of pyridine rings is 2. The summed E-state index contributed by atoms with van der Waals surface area (Å²) in [6.45, 7) is 0. The maximum absolute atomic E-state index is 13.4. The lowest BCUT2D eigenvalue weighted by Crippen LogP contribution is -2.17. The SMILES string of the molecule is NC(=O)c1cc(NS(=O)(=O)c2cc3cccc(Cl)c3nc2-c2ccccc2Cl)ccn1. The molecular weight excluding hydrogens is 459 g/mol. The van der Waals surface area contributed by atoms with Crippen LogP contribution in [0.5, 0.6) is 0 Å². The Morgan fingerprint density at radius 3 is 2.45 bits per heavy atom. The predicted octanol–water partition coefficient (Wildman–Crippen LogP) is 4.50. The quantitative estimate of drug-likeness (QED) is 0.443. The van der Waals surface area contributed by atoms with Crippen molar-refractivity contribution in [3.05, 3.63) is 82.6 Å². The average Bonchev–Trinajstić information content (AvgIpc) is 2.73. The topological polar surface area (TPSA) is 115 Å². The lowest BCUT2D eigenvalue weighted by atomic mass is 10.1. The molecule has 10 heteroatoms. The first-order valence-corrected chi connectivity index (χ1v) is 11.1. The Balaban J connectivity index is 1.93. The molecule has 0 aliphatic heterocycles. The maximum Gasteiger partial charge on any atom is 0.267 e. The second-order valence-electron chi connectivity index (χ2n) is 6.53. The number of sulfonamides is 1. The molecule has 0 bridgehead atoms. The molecule has 0 aliphatic rings. The van der Waals surface area contributed by atoms with Crippen molar-refractivity contribution in [2.45, 2.75) is 4.90 Å². The summed E-state index contributed by atoms with van der Waals surface area (Å²) >= 11 is 12.6. The Hall–Kier alpha value is -3.20. The van der Waals surface area contributed by atoms with Crippen LogP contribution in [0.15, 0.2) is 71.8 Å². The van der Waals surface area contributed by atoms with Gasteiger partial charge in [-0.1, -0.05) is 53.5 Å². The highest BCUT2D eigenvalue weighted by Crippen LogP contribution is 2.35. The number of rotatable bonds is 5. The van der Waals surface area contributed by atoms with Crippen LogP contribution in [0, 0.1) is 0 Å². The van der Waals surface area contributed by atoms with Crippen molar-refractivity contribution in [3.63, 3.8) is 0 Å². The smallest absolute Gasteiger partial charge is 0.267 e. The normalized spacial score (nSPS) is 11.4. The summed E-state index contributed by atoms with van der Waals surface area (Å²) in [7, 11) is -4.15. The molecule has 4 aromatic rings. The van der Waals surface area contributed by atoms with E-state index in [4.69, 9.17) is 28.9 Å². The van der Waals surface area contributed by atoms with Crippen molar-refractivity contribution in [3.8, 4) is 11.3 Å². The van der Waals surface area contributed by atoms with Gasteiger partial charge in [0.05, 0.1) is 26.9 Å². The summed E-state index contributed by atoms with van der Waals surface area (Å²) in [6, 6.07) is 16.0. The van der Waals surface area contributed by atoms with Gasteiger partial charge >= 0.3 is 0 Å². The summed E-state index contributed by atoms with van der Waals surface area (Å²) in [5, 5.41) is 1.25. The fourth-order valence-corrected chi connectivity index (χ4v) is 4.72. The Bertz CT molecular complexity index is 1440. The summed E-state index contributed by atoms with van der Waals surface area (Å²) < 4.78 is 29.2. The van der Waals surface area contributed by atoms with Gasteiger partial charge in [-0.3, -0.25) is 14.5 Å². The third-order valence-corrected chi connectivity index (χ3v) is 6.47. The lowest BCUT2D eigenvalue weighted by Gasteiger charge is -2.15. The van der Waals surface area contributed by atoms with E-state index in [2.05, 4.69) is 14.7 Å². The molecule has 0 saturated heterocycles. The van der Waals surface area contributed by atoms with Crippen molar-refractivity contribution >= 4 is 55.7 Å². The monoisotopic (exact) mass is 472 g/mol. The number of primary amides is 1. The van der Waals surface area contributed by atoms with Crippen LogP contribution in [0.25, 0.3) is 22.2 Å². The molecular formula is C21H14Cl2N4O3S. The zero-order chi connectivity index (χ0) is 22.2. The molecule has 0 atom stereocenters. The minimum Gasteiger partial charge on any atom is -0.364 e. The first-order chi connectivity index (χ1) is 14.8. The van der Waals surface area contributed by atoms with Crippen LogP contribution in [0.4, 0.5) is 5.69 Å². The molecule has 0 spiro atoms. The number of nitrogens with one attached hydrogen (secondary N) is 1. The zero-order valence-electron chi connectivity index (χ0n) is 15.7. The zero-order valence-corrected chi connectivity index (χ0v) is 18.0. The number of carbonyl (C=O) groups excluding carboxylic acids is 1. The number of hydrogen-bond acceptors (Lipinski definition) is 5. The Kier molecular flexibility index (Phi) is 5.53. The second-order valence-corrected chi connectivity index (χ2v) is 8.99. The van der Waals surface area contributed by atoms with Crippen LogP contribution in [0.1, 0.15) is 10.5 Å². The van der Waals surface area contributed by atoms with Gasteiger partial charge in [0, 0.05) is 17.1 Å². The van der Waals surface area contributed by atoms with E-state index in [9.17, 15) is 13.2 Å². The largest absolute Gasteiger partial charge is 0.364 e. The van der Waals surface area contributed by atoms with E-state index >= 15 is 0 Å². The third kappa shape index (κ3) is 4.18. The molecule has 0 fully saturated rings. The van der Waals surface area contributed by atoms with Gasteiger partial charge in [0.25, 0.3) is 15.9 Å². The highest BCUT2D eigenvalue weighted by molar-refractivity contribution is 7.92. The van der Waals surface area contributed by atoms with Crippen LogP contribution in [-0.4, -0.2) is 24.3 Å². The number of para-hydroxylation sites is 1. The van der Waals surface area contributed by atoms with Crippen LogP contribution in [-0.2, 0) is 10.0 Å². The van der Waals surface area contributed by atoms with Crippen molar-refractivity contribution in [2.24, 2.45) is 5.73 Å². The lowest BCUT2D eigenvalue weighted by molar-refractivity contribution is 0.0995. The number of hydrogen-bond donors (Lipinski definition) is 2. The van der Waals surface area contributed by atoms with Gasteiger partial charge in [-0.25, -0.2) is 13.4 Å². The first-order valence-electron chi connectivity index (χ1n) is 8.89. The molecule has 2 aromatic heterocycles. The van der Waals surface area contributed by atoms with Gasteiger partial charge in [-0.15, -0.1) is 0 Å². The van der Waals surface area contributed by atoms with E-state index in [0.29, 0.717) is 26.5 Å². The van der Waals surface area contributed by atoms with Crippen molar-refractivity contribution < 1.29 is 13.2 Å². The predicted molar refractivity (Wildman–Crippen MR) is 121 cm³/mol. The number of nitrogens with two attached hydrogens (primary N) is 1. The van der Waals surface area contributed by atoms with Crippen molar-refractivity contribution in [1.82, 2.24) is 9.97 Å². The fourth-order valence-electron chi connectivity index (χ4n) is 3.03. The fraction of sp³-hybridized carbons (Fsp3) is 0. The highest BCUT2D eigenvalue weighted by atomic mass is 35.5. The molecule has 156 valence electrons. The van der Waals surface area contributed by atoms with Crippen LogP contribution in [0.3, 0.4) is 0 Å². The molecule has 2 heterocycles. The maximum atomic E-state index is 13.4. The number of fused-ring (bicyclic) bond motifs is 1. The number of carbonyl (C=O) groups is 1. The average molecular weight is 473 g/mol. The summed E-state index contributed by atoms with van der Waals surface area (Å²) in [4.78, 5) is 19.6. The summed E-state index contributed by atoms with van der Waals surface area (Å²) in [5.41, 5.74) is 6.30. The molecule has 0 saturated carbocycles. The molecule has 7 nitrogen and oxygen atoms in total. The molecule has 4 rings (SSSR count). The van der Waals surface area contributed by atoms with Gasteiger partial charge < -0.3 is 5.73 Å². The summed E-state index contributed by atoms with van der Waals surface area (Å²) in [5.74, 6) is -0.778. The van der Waals surface area contributed by atoms with Crippen LogP contribution < -0.4 is 10.5 Å². The number of nitrogens with zero attached hydrogens (tertiary/aromatic N) is 2. The van der Waals surface area contributed by atoms with E-state index in [-0.39, 0.29) is 22.0 Å². The first kappa shape index (κ1) is 21.0.